The summed E-state index contributed by atoms with van der Waals surface area (Å²) in [5.74, 6) is -0.182. The topological polar surface area (TPSA) is 77.9 Å². The highest BCUT2D eigenvalue weighted by atomic mass is 32.2. The molecular formula is C12H18N2O4S. The largest absolute Gasteiger partial charge is 0.480 e. The van der Waals surface area contributed by atoms with E-state index in [1.165, 1.54) is 23.6 Å². The minimum atomic E-state index is -0.931. The molecule has 2 heterocycles. The molecule has 19 heavy (non-hydrogen) atoms. The van der Waals surface area contributed by atoms with Gasteiger partial charge in [-0.15, -0.1) is 11.8 Å². The van der Waals surface area contributed by atoms with Crippen LogP contribution in [0.15, 0.2) is 0 Å². The fourth-order valence-electron chi connectivity index (χ4n) is 2.54. The van der Waals surface area contributed by atoms with Gasteiger partial charge in [-0.3, -0.25) is 9.59 Å². The third kappa shape index (κ3) is 3.02. The van der Waals surface area contributed by atoms with Crippen LogP contribution in [0.5, 0.6) is 0 Å². The van der Waals surface area contributed by atoms with Crippen molar-refractivity contribution in [2.45, 2.75) is 25.8 Å². The van der Waals surface area contributed by atoms with E-state index in [1.54, 1.807) is 4.90 Å². The van der Waals surface area contributed by atoms with Crippen LogP contribution in [0.2, 0.25) is 0 Å². The standard InChI is InChI=1S/C12H18N2O4S/c1-8(15)13-4-2-9(3-5-13)11(16)14-7-19-6-10(14)12(17)18/h9-10H,2-7H2,1H3,(H,17,18). The number of rotatable bonds is 2. The number of hydrogen-bond acceptors (Lipinski definition) is 4. The van der Waals surface area contributed by atoms with Crippen molar-refractivity contribution in [2.75, 3.05) is 24.7 Å². The zero-order valence-electron chi connectivity index (χ0n) is 10.9. The third-order valence-electron chi connectivity index (χ3n) is 3.74. The molecule has 1 unspecified atom stereocenters. The number of likely N-dealkylation sites (tertiary alicyclic amines) is 1. The molecule has 0 bridgehead atoms. The smallest absolute Gasteiger partial charge is 0.327 e. The summed E-state index contributed by atoms with van der Waals surface area (Å²) in [5, 5.41) is 9.09. The van der Waals surface area contributed by atoms with Gasteiger partial charge in [-0.2, -0.15) is 0 Å². The number of aliphatic carboxylic acids is 1. The third-order valence-corrected chi connectivity index (χ3v) is 4.75. The fraction of sp³-hybridized carbons (Fsp3) is 0.750. The Morgan fingerprint density at radius 3 is 2.37 bits per heavy atom. The van der Waals surface area contributed by atoms with Crippen LogP contribution in [0.3, 0.4) is 0 Å². The van der Waals surface area contributed by atoms with Gasteiger partial charge in [-0.05, 0) is 12.8 Å². The molecule has 2 saturated heterocycles. The summed E-state index contributed by atoms with van der Waals surface area (Å²) in [5.41, 5.74) is 0. The Labute approximate surface area is 116 Å². The lowest BCUT2D eigenvalue weighted by atomic mass is 9.95. The van der Waals surface area contributed by atoms with Crippen molar-refractivity contribution in [3.8, 4) is 0 Å². The number of nitrogens with zero attached hydrogens (tertiary/aromatic N) is 2. The van der Waals surface area contributed by atoms with E-state index in [0.717, 1.165) is 0 Å². The van der Waals surface area contributed by atoms with Crippen LogP contribution in [-0.4, -0.2) is 63.5 Å². The lowest BCUT2D eigenvalue weighted by molar-refractivity contribution is -0.150. The quantitative estimate of drug-likeness (QED) is 0.786. The van der Waals surface area contributed by atoms with Gasteiger partial charge in [0.15, 0.2) is 0 Å². The summed E-state index contributed by atoms with van der Waals surface area (Å²) in [6.45, 7) is 2.70. The van der Waals surface area contributed by atoms with Gasteiger partial charge < -0.3 is 14.9 Å². The SMILES string of the molecule is CC(=O)N1CCC(C(=O)N2CSCC2C(=O)O)CC1. The minimum absolute atomic E-state index is 0.0334. The lowest BCUT2D eigenvalue weighted by Crippen LogP contribution is -2.47. The van der Waals surface area contributed by atoms with E-state index in [-0.39, 0.29) is 17.7 Å². The molecule has 1 N–H and O–H groups in total. The molecule has 2 amide bonds. The van der Waals surface area contributed by atoms with Crippen molar-refractivity contribution < 1.29 is 19.5 Å². The highest BCUT2D eigenvalue weighted by molar-refractivity contribution is 7.99. The van der Waals surface area contributed by atoms with E-state index in [9.17, 15) is 14.4 Å². The number of carbonyl (C=O) groups excluding carboxylic acids is 2. The number of piperidine rings is 1. The minimum Gasteiger partial charge on any atom is -0.480 e. The zero-order chi connectivity index (χ0) is 14.0. The fourth-order valence-corrected chi connectivity index (χ4v) is 3.70. The summed E-state index contributed by atoms with van der Waals surface area (Å²) in [6.07, 6.45) is 1.26. The van der Waals surface area contributed by atoms with Crippen LogP contribution >= 0.6 is 11.8 Å². The molecule has 106 valence electrons. The predicted octanol–water partition coefficient (Wildman–Crippen LogP) is 0.231. The van der Waals surface area contributed by atoms with Gasteiger partial charge in [0.05, 0.1) is 5.88 Å². The van der Waals surface area contributed by atoms with Gasteiger partial charge in [0.2, 0.25) is 11.8 Å². The second-order valence-corrected chi connectivity index (χ2v) is 5.94. The molecule has 0 aromatic heterocycles. The normalized spacial score (nSPS) is 24.6. The van der Waals surface area contributed by atoms with Gasteiger partial charge in [0.25, 0.3) is 0 Å². The maximum Gasteiger partial charge on any atom is 0.327 e. The molecule has 0 aliphatic carbocycles. The Morgan fingerprint density at radius 2 is 1.84 bits per heavy atom. The molecule has 7 heteroatoms. The number of carboxylic acid groups (broad SMARTS) is 1. The second-order valence-electron chi connectivity index (χ2n) is 4.94. The van der Waals surface area contributed by atoms with Crippen molar-refractivity contribution in [3.05, 3.63) is 0 Å². The van der Waals surface area contributed by atoms with Crippen LogP contribution in [0.25, 0.3) is 0 Å². The Morgan fingerprint density at radius 1 is 1.21 bits per heavy atom. The molecule has 0 radical (unpaired) electrons. The monoisotopic (exact) mass is 286 g/mol. The van der Waals surface area contributed by atoms with Crippen LogP contribution < -0.4 is 0 Å². The zero-order valence-corrected chi connectivity index (χ0v) is 11.7. The predicted molar refractivity (Wildman–Crippen MR) is 70.6 cm³/mol. The molecule has 0 saturated carbocycles. The average Bonchev–Trinajstić information content (AvgIpc) is 2.87. The molecule has 6 nitrogen and oxygen atoms in total. The van der Waals surface area contributed by atoms with Crippen LogP contribution in [0.4, 0.5) is 0 Å². The van der Waals surface area contributed by atoms with Crippen LogP contribution in [0, 0.1) is 5.92 Å². The second kappa shape index (κ2) is 5.81. The van der Waals surface area contributed by atoms with Gasteiger partial charge in [-0.25, -0.2) is 4.79 Å². The number of thioether (sulfide) groups is 1. The average molecular weight is 286 g/mol. The van der Waals surface area contributed by atoms with Crippen molar-refractivity contribution >= 4 is 29.5 Å². The number of hydrogen-bond donors (Lipinski definition) is 1. The van der Waals surface area contributed by atoms with Crippen molar-refractivity contribution in [1.29, 1.82) is 0 Å². The summed E-state index contributed by atoms with van der Waals surface area (Å²) in [4.78, 5) is 37.8. The number of carboxylic acids is 1. The van der Waals surface area contributed by atoms with Gasteiger partial charge in [0, 0.05) is 31.7 Å². The molecule has 0 aromatic carbocycles. The molecule has 2 rings (SSSR count). The first-order valence-corrected chi connectivity index (χ1v) is 7.52. The maximum absolute atomic E-state index is 12.3. The van der Waals surface area contributed by atoms with Crippen molar-refractivity contribution in [2.24, 2.45) is 5.92 Å². The molecule has 0 aromatic rings. The van der Waals surface area contributed by atoms with Gasteiger partial charge >= 0.3 is 5.97 Å². The molecule has 1 atom stereocenters. The molecule has 2 fully saturated rings. The Balaban J connectivity index is 1.94. The first kappa shape index (κ1) is 14.2. The highest BCUT2D eigenvalue weighted by Crippen LogP contribution is 2.27. The highest BCUT2D eigenvalue weighted by Gasteiger charge is 2.38. The molecule has 2 aliphatic rings. The van der Waals surface area contributed by atoms with Crippen molar-refractivity contribution in [3.63, 3.8) is 0 Å². The van der Waals surface area contributed by atoms with Gasteiger partial charge in [-0.1, -0.05) is 0 Å². The summed E-state index contributed by atoms with van der Waals surface area (Å²) >= 11 is 1.48. The van der Waals surface area contributed by atoms with E-state index in [4.69, 9.17) is 5.11 Å². The van der Waals surface area contributed by atoms with E-state index in [1.807, 2.05) is 0 Å². The van der Waals surface area contributed by atoms with E-state index in [2.05, 4.69) is 0 Å². The molecular weight excluding hydrogens is 268 g/mol. The van der Waals surface area contributed by atoms with Gasteiger partial charge in [0.1, 0.15) is 6.04 Å². The van der Waals surface area contributed by atoms with E-state index < -0.39 is 12.0 Å². The Hall–Kier alpha value is -1.24. The number of amides is 2. The Bertz CT molecular complexity index is 393. The van der Waals surface area contributed by atoms with E-state index in [0.29, 0.717) is 37.6 Å². The van der Waals surface area contributed by atoms with Crippen LogP contribution in [0.1, 0.15) is 19.8 Å². The summed E-state index contributed by atoms with van der Waals surface area (Å²) in [7, 11) is 0. The lowest BCUT2D eigenvalue weighted by Gasteiger charge is -2.33. The van der Waals surface area contributed by atoms with Crippen molar-refractivity contribution in [1.82, 2.24) is 9.80 Å². The summed E-state index contributed by atoms with van der Waals surface area (Å²) in [6, 6.07) is -0.691. The van der Waals surface area contributed by atoms with E-state index >= 15 is 0 Å². The summed E-state index contributed by atoms with van der Waals surface area (Å²) < 4.78 is 0. The molecule has 0 spiro atoms. The first-order chi connectivity index (χ1) is 9.00. The number of carbonyl (C=O) groups is 3. The van der Waals surface area contributed by atoms with Crippen LogP contribution in [-0.2, 0) is 14.4 Å². The maximum atomic E-state index is 12.3. The Kier molecular flexibility index (Phi) is 4.34. The molecule has 2 aliphatic heterocycles. The first-order valence-electron chi connectivity index (χ1n) is 6.37.